The van der Waals surface area contributed by atoms with Gasteiger partial charge in [0.25, 0.3) is 0 Å². The van der Waals surface area contributed by atoms with Crippen LogP contribution in [0.5, 0.6) is 0 Å². The number of furan rings is 1. The molecule has 0 aliphatic heterocycles. The van der Waals surface area contributed by atoms with Crippen molar-refractivity contribution in [3.63, 3.8) is 0 Å². The van der Waals surface area contributed by atoms with E-state index in [2.05, 4.69) is 10.6 Å². The van der Waals surface area contributed by atoms with E-state index in [1.54, 1.807) is 24.3 Å². The Morgan fingerprint density at radius 1 is 0.789 bits per heavy atom. The van der Waals surface area contributed by atoms with Gasteiger partial charge in [0.15, 0.2) is 0 Å². The highest BCUT2D eigenvalue weighted by Gasteiger charge is 2.08. The molecule has 0 bridgehead atoms. The first-order valence-electron chi connectivity index (χ1n) is 5.68. The van der Waals surface area contributed by atoms with Gasteiger partial charge in [-0.05, 0) is 30.3 Å². The number of nitrogens with one attached hydrogen (secondary N) is 2. The molecule has 0 fully saturated rings. The molecule has 5 heteroatoms. The van der Waals surface area contributed by atoms with Crippen LogP contribution >= 0.6 is 0 Å². The van der Waals surface area contributed by atoms with E-state index in [4.69, 9.17) is 4.42 Å². The Labute approximate surface area is 108 Å². The van der Waals surface area contributed by atoms with E-state index in [9.17, 15) is 9.59 Å². The van der Waals surface area contributed by atoms with Crippen LogP contribution in [0, 0.1) is 0 Å². The van der Waals surface area contributed by atoms with Crippen LogP contribution in [0.3, 0.4) is 0 Å². The summed E-state index contributed by atoms with van der Waals surface area (Å²) in [5.74, 6) is 0. The Morgan fingerprint density at radius 3 is 2.21 bits per heavy atom. The molecule has 0 saturated heterocycles. The third kappa shape index (κ3) is 1.91. The molecular formula is C14H10N2O3. The van der Waals surface area contributed by atoms with Gasteiger partial charge in [-0.1, -0.05) is 0 Å². The largest absolute Gasteiger partial charge is 0.456 e. The molecular weight excluding hydrogens is 244 g/mol. The minimum Gasteiger partial charge on any atom is -0.456 e. The predicted octanol–water partition coefficient (Wildman–Crippen LogP) is 2.72. The Bertz CT molecular complexity index is 777. The second kappa shape index (κ2) is 4.45. The van der Waals surface area contributed by atoms with Crippen molar-refractivity contribution in [2.24, 2.45) is 0 Å². The number of hydrogen-bond donors (Lipinski definition) is 2. The van der Waals surface area contributed by atoms with Crippen LogP contribution in [0.1, 0.15) is 0 Å². The van der Waals surface area contributed by atoms with Gasteiger partial charge in [0.2, 0.25) is 12.8 Å². The number of rotatable bonds is 4. The molecule has 2 aromatic carbocycles. The molecule has 0 atom stereocenters. The van der Waals surface area contributed by atoms with Crippen molar-refractivity contribution >= 4 is 46.1 Å². The van der Waals surface area contributed by atoms with Crippen molar-refractivity contribution in [2.75, 3.05) is 10.6 Å². The molecule has 0 spiro atoms. The molecule has 3 aromatic rings. The van der Waals surface area contributed by atoms with Crippen molar-refractivity contribution in [1.29, 1.82) is 0 Å². The highest BCUT2D eigenvalue weighted by molar-refractivity contribution is 6.07. The summed E-state index contributed by atoms with van der Waals surface area (Å²) in [6.45, 7) is 0. The number of carbonyl (C=O) groups is 2. The molecule has 0 radical (unpaired) electrons. The van der Waals surface area contributed by atoms with Crippen molar-refractivity contribution in [1.82, 2.24) is 0 Å². The Morgan fingerprint density at radius 2 is 1.47 bits per heavy atom. The van der Waals surface area contributed by atoms with Gasteiger partial charge in [-0.25, -0.2) is 0 Å². The highest BCUT2D eigenvalue weighted by atomic mass is 16.3. The minimum atomic E-state index is 0.621. The zero-order valence-corrected chi connectivity index (χ0v) is 9.84. The van der Waals surface area contributed by atoms with Crippen LogP contribution in [0.2, 0.25) is 0 Å². The molecule has 0 unspecified atom stereocenters. The summed E-state index contributed by atoms with van der Waals surface area (Å²) in [4.78, 5) is 20.9. The summed E-state index contributed by atoms with van der Waals surface area (Å²) in [5, 5.41) is 7.03. The van der Waals surface area contributed by atoms with E-state index in [0.29, 0.717) is 29.8 Å². The normalized spacial score (nSPS) is 10.5. The fraction of sp³-hybridized carbons (Fsp3) is 0. The van der Waals surface area contributed by atoms with Crippen LogP contribution in [0.4, 0.5) is 11.4 Å². The van der Waals surface area contributed by atoms with Crippen molar-refractivity contribution in [3.8, 4) is 0 Å². The zero-order chi connectivity index (χ0) is 13.2. The van der Waals surface area contributed by atoms with Gasteiger partial charge in [-0.15, -0.1) is 0 Å². The van der Waals surface area contributed by atoms with E-state index in [0.717, 1.165) is 16.4 Å². The van der Waals surface area contributed by atoms with Crippen molar-refractivity contribution in [3.05, 3.63) is 36.4 Å². The monoisotopic (exact) mass is 254 g/mol. The number of fused-ring (bicyclic) bond motifs is 3. The van der Waals surface area contributed by atoms with Crippen molar-refractivity contribution in [2.45, 2.75) is 0 Å². The maximum Gasteiger partial charge on any atom is 0.211 e. The number of amides is 2. The SMILES string of the molecule is O=CNc1ccc2c(c1)oc1ccc(NC=O)cc12. The molecule has 0 aliphatic rings. The van der Waals surface area contributed by atoms with Gasteiger partial charge >= 0.3 is 0 Å². The number of carbonyl (C=O) groups excluding carboxylic acids is 2. The third-order valence-electron chi connectivity index (χ3n) is 2.92. The first-order valence-corrected chi connectivity index (χ1v) is 5.68. The smallest absolute Gasteiger partial charge is 0.211 e. The van der Waals surface area contributed by atoms with Gasteiger partial charge in [-0.3, -0.25) is 9.59 Å². The average Bonchev–Trinajstić information content (AvgIpc) is 2.77. The Hall–Kier alpha value is -2.82. The van der Waals surface area contributed by atoms with E-state index >= 15 is 0 Å². The summed E-state index contributed by atoms with van der Waals surface area (Å²) >= 11 is 0. The predicted molar refractivity (Wildman–Crippen MR) is 73.1 cm³/mol. The zero-order valence-electron chi connectivity index (χ0n) is 9.84. The molecule has 94 valence electrons. The number of hydrogen-bond acceptors (Lipinski definition) is 3. The molecule has 0 aliphatic carbocycles. The molecule has 2 amide bonds. The van der Waals surface area contributed by atoms with Crippen LogP contribution in [-0.2, 0) is 9.59 Å². The van der Waals surface area contributed by atoms with Gasteiger partial charge in [0.1, 0.15) is 11.2 Å². The lowest BCUT2D eigenvalue weighted by atomic mass is 10.1. The lowest BCUT2D eigenvalue weighted by molar-refractivity contribution is -0.106. The van der Waals surface area contributed by atoms with E-state index < -0.39 is 0 Å². The summed E-state index contributed by atoms with van der Waals surface area (Å²) in [6, 6.07) is 10.8. The summed E-state index contributed by atoms with van der Waals surface area (Å²) in [7, 11) is 0. The molecule has 5 nitrogen and oxygen atoms in total. The summed E-state index contributed by atoms with van der Waals surface area (Å²) in [6.07, 6.45) is 1.26. The maximum atomic E-state index is 10.5. The number of anilines is 2. The topological polar surface area (TPSA) is 71.3 Å². The Kier molecular flexibility index (Phi) is 2.64. The quantitative estimate of drug-likeness (QED) is 0.703. The lowest BCUT2D eigenvalue weighted by Gasteiger charge is -1.98. The summed E-state index contributed by atoms with van der Waals surface area (Å²) < 4.78 is 5.70. The second-order valence-corrected chi connectivity index (χ2v) is 4.05. The van der Waals surface area contributed by atoms with Crippen LogP contribution in [0.25, 0.3) is 21.9 Å². The van der Waals surface area contributed by atoms with Gasteiger partial charge < -0.3 is 15.1 Å². The molecule has 1 heterocycles. The molecule has 19 heavy (non-hydrogen) atoms. The lowest BCUT2D eigenvalue weighted by Crippen LogP contribution is -1.92. The third-order valence-corrected chi connectivity index (χ3v) is 2.92. The fourth-order valence-corrected chi connectivity index (χ4v) is 2.09. The Balaban J connectivity index is 2.21. The molecule has 3 rings (SSSR count). The number of benzene rings is 2. The van der Waals surface area contributed by atoms with Gasteiger partial charge in [-0.2, -0.15) is 0 Å². The molecule has 1 aromatic heterocycles. The maximum absolute atomic E-state index is 10.5. The van der Waals surface area contributed by atoms with Crippen molar-refractivity contribution < 1.29 is 14.0 Å². The van der Waals surface area contributed by atoms with E-state index in [-0.39, 0.29) is 0 Å². The van der Waals surface area contributed by atoms with E-state index in [1.807, 2.05) is 12.1 Å². The highest BCUT2D eigenvalue weighted by Crippen LogP contribution is 2.32. The average molecular weight is 254 g/mol. The van der Waals surface area contributed by atoms with Gasteiger partial charge in [0.05, 0.1) is 0 Å². The first-order chi connectivity index (χ1) is 9.31. The summed E-state index contributed by atoms with van der Waals surface area (Å²) in [5.41, 5.74) is 2.80. The second-order valence-electron chi connectivity index (χ2n) is 4.05. The van der Waals surface area contributed by atoms with E-state index in [1.165, 1.54) is 0 Å². The fourth-order valence-electron chi connectivity index (χ4n) is 2.09. The first kappa shape index (κ1) is 11.3. The van der Waals surface area contributed by atoms with Crippen LogP contribution in [-0.4, -0.2) is 12.8 Å². The minimum absolute atomic E-state index is 0.621. The standard InChI is InChI=1S/C14H10N2O3/c17-7-15-9-2-4-13-12(5-9)11-3-1-10(16-8-18)6-14(11)19-13/h1-8H,(H,15,17)(H,16,18). The van der Waals surface area contributed by atoms with Crippen LogP contribution in [0.15, 0.2) is 40.8 Å². The molecule has 2 N–H and O–H groups in total. The molecule has 0 saturated carbocycles. The van der Waals surface area contributed by atoms with Gasteiger partial charge in [0, 0.05) is 28.2 Å². The van der Waals surface area contributed by atoms with Crippen LogP contribution < -0.4 is 10.6 Å².